The molecule has 1 amide bonds. The molecule has 0 spiro atoms. The topological polar surface area (TPSA) is 85.4 Å². The van der Waals surface area contributed by atoms with Gasteiger partial charge in [-0.3, -0.25) is 9.78 Å². The highest BCUT2D eigenvalue weighted by molar-refractivity contribution is 7.89. The van der Waals surface area contributed by atoms with Crippen LogP contribution in [-0.2, 0) is 10.0 Å². The summed E-state index contributed by atoms with van der Waals surface area (Å²) in [6.07, 6.45) is 2.31. The number of carbonyl (C=O) groups excluding carboxylic acids is 1. The van der Waals surface area contributed by atoms with Crippen molar-refractivity contribution < 1.29 is 26.7 Å². The van der Waals surface area contributed by atoms with Gasteiger partial charge in [0.05, 0.1) is 17.3 Å². The molecule has 0 saturated carbocycles. The number of ether oxygens (including phenoxy) is 1. The van der Waals surface area contributed by atoms with E-state index in [1.54, 1.807) is 41.3 Å². The SMILES string of the molecule is CS(=O)(=O)NC(=O)c1cc(F)c(Oc2cccc3ncccc23)cc1F. The molecule has 0 atom stereocenters. The van der Waals surface area contributed by atoms with Gasteiger partial charge in [0.15, 0.2) is 11.6 Å². The van der Waals surface area contributed by atoms with Crippen LogP contribution in [0.1, 0.15) is 10.4 Å². The van der Waals surface area contributed by atoms with Crippen LogP contribution in [0.2, 0.25) is 0 Å². The lowest BCUT2D eigenvalue weighted by molar-refractivity contribution is 0.0977. The summed E-state index contributed by atoms with van der Waals surface area (Å²) in [4.78, 5) is 15.9. The molecule has 0 unspecified atom stereocenters. The molecule has 0 bridgehead atoms. The van der Waals surface area contributed by atoms with Crippen LogP contribution in [0.4, 0.5) is 8.78 Å². The number of amides is 1. The number of aromatic nitrogens is 1. The van der Waals surface area contributed by atoms with Crippen LogP contribution < -0.4 is 9.46 Å². The van der Waals surface area contributed by atoms with E-state index in [-0.39, 0.29) is 5.75 Å². The molecule has 0 aliphatic heterocycles. The molecule has 26 heavy (non-hydrogen) atoms. The highest BCUT2D eigenvalue weighted by atomic mass is 32.2. The summed E-state index contributed by atoms with van der Waals surface area (Å²) in [5.74, 6) is -3.62. The summed E-state index contributed by atoms with van der Waals surface area (Å²) in [5.41, 5.74) is -0.144. The van der Waals surface area contributed by atoms with Gasteiger partial charge >= 0.3 is 0 Å². The maximum atomic E-state index is 14.3. The number of fused-ring (bicyclic) bond motifs is 1. The summed E-state index contributed by atoms with van der Waals surface area (Å²) in [6.45, 7) is 0. The number of halogens is 2. The van der Waals surface area contributed by atoms with Crippen molar-refractivity contribution in [3.8, 4) is 11.5 Å². The minimum atomic E-state index is -3.91. The number of sulfonamides is 1. The first-order valence-corrected chi connectivity index (χ1v) is 9.16. The number of nitrogens with one attached hydrogen (secondary N) is 1. The van der Waals surface area contributed by atoms with Gasteiger partial charge in [-0.25, -0.2) is 21.9 Å². The van der Waals surface area contributed by atoms with Crippen LogP contribution in [-0.4, -0.2) is 25.6 Å². The van der Waals surface area contributed by atoms with E-state index in [0.29, 0.717) is 23.0 Å². The Bertz CT molecular complexity index is 1110. The molecule has 0 fully saturated rings. The van der Waals surface area contributed by atoms with Crippen molar-refractivity contribution in [1.82, 2.24) is 9.71 Å². The molecule has 0 radical (unpaired) electrons. The molecule has 134 valence electrons. The van der Waals surface area contributed by atoms with Gasteiger partial charge in [0.2, 0.25) is 10.0 Å². The van der Waals surface area contributed by atoms with E-state index in [1.807, 2.05) is 0 Å². The van der Waals surface area contributed by atoms with Gasteiger partial charge in [0.1, 0.15) is 11.6 Å². The van der Waals surface area contributed by atoms with E-state index < -0.39 is 38.9 Å². The number of rotatable bonds is 4. The smallest absolute Gasteiger partial charge is 0.267 e. The number of benzene rings is 2. The maximum absolute atomic E-state index is 14.3. The third-order valence-corrected chi connectivity index (χ3v) is 3.93. The van der Waals surface area contributed by atoms with Crippen LogP contribution in [0.15, 0.2) is 48.7 Å². The molecule has 0 aliphatic rings. The number of hydrogen-bond acceptors (Lipinski definition) is 5. The Kier molecular flexibility index (Phi) is 4.56. The predicted molar refractivity (Wildman–Crippen MR) is 90.5 cm³/mol. The Labute approximate surface area is 147 Å². The summed E-state index contributed by atoms with van der Waals surface area (Å²) in [5, 5.41) is 0.591. The normalized spacial score (nSPS) is 11.3. The highest BCUT2D eigenvalue weighted by Crippen LogP contribution is 2.31. The second-order valence-electron chi connectivity index (χ2n) is 5.39. The number of pyridine rings is 1. The van der Waals surface area contributed by atoms with Crippen LogP contribution in [0.3, 0.4) is 0 Å². The van der Waals surface area contributed by atoms with Crippen LogP contribution in [0.25, 0.3) is 10.9 Å². The van der Waals surface area contributed by atoms with E-state index in [1.165, 1.54) is 0 Å². The number of hydrogen-bond donors (Lipinski definition) is 1. The van der Waals surface area contributed by atoms with Crippen molar-refractivity contribution in [2.75, 3.05) is 6.26 Å². The lowest BCUT2D eigenvalue weighted by Crippen LogP contribution is -2.30. The minimum Gasteiger partial charge on any atom is -0.453 e. The van der Waals surface area contributed by atoms with Crippen LogP contribution in [0, 0.1) is 11.6 Å². The quantitative estimate of drug-likeness (QED) is 0.754. The summed E-state index contributed by atoms with van der Waals surface area (Å²) < 4.78 is 57.6. The molecule has 3 rings (SSSR count). The molecular weight excluding hydrogens is 366 g/mol. The average molecular weight is 378 g/mol. The molecular formula is C17H12F2N2O4S. The zero-order chi connectivity index (χ0) is 18.9. The molecule has 9 heteroatoms. The predicted octanol–water partition coefficient (Wildman–Crippen LogP) is 2.99. The molecule has 6 nitrogen and oxygen atoms in total. The van der Waals surface area contributed by atoms with Crippen LogP contribution in [0.5, 0.6) is 11.5 Å². The average Bonchev–Trinajstić information content (AvgIpc) is 2.56. The summed E-state index contributed by atoms with van der Waals surface area (Å²) in [7, 11) is -3.91. The van der Waals surface area contributed by atoms with Crippen molar-refractivity contribution in [3.63, 3.8) is 0 Å². The van der Waals surface area contributed by atoms with Crippen molar-refractivity contribution in [1.29, 1.82) is 0 Å². The Morgan fingerprint density at radius 2 is 1.85 bits per heavy atom. The molecule has 1 heterocycles. The first-order valence-electron chi connectivity index (χ1n) is 7.27. The summed E-state index contributed by atoms with van der Waals surface area (Å²) in [6, 6.07) is 9.58. The number of nitrogens with zero attached hydrogens (tertiary/aromatic N) is 1. The second kappa shape index (κ2) is 6.68. The summed E-state index contributed by atoms with van der Waals surface area (Å²) >= 11 is 0. The fourth-order valence-corrected chi connectivity index (χ4v) is 2.73. The second-order valence-corrected chi connectivity index (χ2v) is 7.14. The van der Waals surface area contributed by atoms with E-state index >= 15 is 0 Å². The van der Waals surface area contributed by atoms with Gasteiger partial charge in [-0.05, 0) is 30.3 Å². The third-order valence-electron chi connectivity index (χ3n) is 3.37. The molecule has 0 saturated heterocycles. The molecule has 1 aromatic heterocycles. The van der Waals surface area contributed by atoms with E-state index in [4.69, 9.17) is 4.74 Å². The van der Waals surface area contributed by atoms with Gasteiger partial charge < -0.3 is 4.74 Å². The van der Waals surface area contributed by atoms with E-state index in [9.17, 15) is 22.0 Å². The Hall–Kier alpha value is -3.07. The van der Waals surface area contributed by atoms with Crippen LogP contribution >= 0.6 is 0 Å². The van der Waals surface area contributed by atoms with Gasteiger partial charge in [-0.2, -0.15) is 0 Å². The lowest BCUT2D eigenvalue weighted by Gasteiger charge is -2.11. The maximum Gasteiger partial charge on any atom is 0.267 e. The van der Waals surface area contributed by atoms with Crippen molar-refractivity contribution in [2.45, 2.75) is 0 Å². The largest absolute Gasteiger partial charge is 0.453 e. The standard InChI is InChI=1S/C17H12F2N2O4S/c1-26(23,24)21-17(22)11-8-13(19)16(9-12(11)18)25-15-6-2-5-14-10(15)4-3-7-20-14/h2-9H,1H3,(H,21,22). The van der Waals surface area contributed by atoms with Crippen molar-refractivity contribution >= 4 is 26.8 Å². The molecule has 2 aromatic carbocycles. The van der Waals surface area contributed by atoms with E-state index in [2.05, 4.69) is 4.98 Å². The van der Waals surface area contributed by atoms with Gasteiger partial charge in [0, 0.05) is 17.6 Å². The Balaban J connectivity index is 1.97. The number of carbonyl (C=O) groups is 1. The van der Waals surface area contributed by atoms with Gasteiger partial charge in [-0.1, -0.05) is 6.07 Å². The monoisotopic (exact) mass is 378 g/mol. The molecule has 3 aromatic rings. The Morgan fingerprint density at radius 1 is 1.08 bits per heavy atom. The third kappa shape index (κ3) is 3.77. The fourth-order valence-electron chi connectivity index (χ4n) is 2.29. The minimum absolute atomic E-state index is 0.252. The Morgan fingerprint density at radius 3 is 2.58 bits per heavy atom. The van der Waals surface area contributed by atoms with Crippen molar-refractivity contribution in [3.05, 3.63) is 65.9 Å². The van der Waals surface area contributed by atoms with Gasteiger partial charge in [-0.15, -0.1) is 0 Å². The van der Waals surface area contributed by atoms with E-state index in [0.717, 1.165) is 6.26 Å². The van der Waals surface area contributed by atoms with Gasteiger partial charge in [0.25, 0.3) is 5.91 Å². The zero-order valence-corrected chi connectivity index (χ0v) is 14.2. The fraction of sp³-hybridized carbons (Fsp3) is 0.0588. The first-order chi connectivity index (χ1) is 12.2. The lowest BCUT2D eigenvalue weighted by atomic mass is 10.1. The highest BCUT2D eigenvalue weighted by Gasteiger charge is 2.20. The van der Waals surface area contributed by atoms with Crippen molar-refractivity contribution in [2.24, 2.45) is 0 Å². The zero-order valence-electron chi connectivity index (χ0n) is 13.4. The molecule has 1 N–H and O–H groups in total. The first kappa shape index (κ1) is 17.7. The molecule has 0 aliphatic carbocycles.